The van der Waals surface area contributed by atoms with E-state index in [1.165, 1.54) is 70.9 Å². The Morgan fingerprint density at radius 3 is 2.04 bits per heavy atom. The van der Waals surface area contributed by atoms with E-state index in [0.29, 0.717) is 17.8 Å². The van der Waals surface area contributed by atoms with Gasteiger partial charge in [0.25, 0.3) is 0 Å². The molecule has 0 aliphatic carbocycles. The van der Waals surface area contributed by atoms with Crippen molar-refractivity contribution in [3.05, 3.63) is 23.9 Å². The summed E-state index contributed by atoms with van der Waals surface area (Å²) < 4.78 is 0. The third-order valence-corrected chi connectivity index (χ3v) is 5.26. The lowest BCUT2D eigenvalue weighted by Crippen LogP contribution is -2.24. The first-order chi connectivity index (χ1) is 13.5. The van der Waals surface area contributed by atoms with Crippen LogP contribution in [-0.2, 0) is 0 Å². The number of nitrogens with zero attached hydrogens (tertiary/aromatic N) is 2. The molecule has 0 unspecified atom stereocenters. The molecule has 0 aliphatic heterocycles. The van der Waals surface area contributed by atoms with E-state index in [2.05, 4.69) is 30.8 Å². The lowest BCUT2D eigenvalue weighted by Gasteiger charge is -2.18. The number of pyridine rings is 1. The van der Waals surface area contributed by atoms with Gasteiger partial charge in [0, 0.05) is 19.2 Å². The smallest absolute Gasteiger partial charge is 0.166 e. The molecule has 28 heavy (non-hydrogen) atoms. The first kappa shape index (κ1) is 24.6. The molecule has 4 nitrogen and oxygen atoms in total. The number of carbonyl (C=O) groups is 1. The van der Waals surface area contributed by atoms with Gasteiger partial charge >= 0.3 is 0 Å². The van der Waals surface area contributed by atoms with Crippen LogP contribution in [0.15, 0.2) is 18.3 Å². The van der Waals surface area contributed by atoms with Crippen molar-refractivity contribution < 1.29 is 4.79 Å². The molecule has 1 aromatic rings. The van der Waals surface area contributed by atoms with Crippen molar-refractivity contribution in [1.29, 1.82) is 0 Å². The van der Waals surface area contributed by atoms with E-state index in [0.717, 1.165) is 18.8 Å². The topological polar surface area (TPSA) is 59.2 Å². The molecule has 0 atom stereocenters. The highest BCUT2D eigenvalue weighted by Gasteiger charge is 2.09. The average molecular weight is 390 g/mol. The second-order valence-electron chi connectivity index (χ2n) is 8.65. The Kier molecular flexibility index (Phi) is 13.6. The van der Waals surface area contributed by atoms with Crippen LogP contribution >= 0.6 is 0 Å². The van der Waals surface area contributed by atoms with E-state index >= 15 is 0 Å². The first-order valence-corrected chi connectivity index (χ1v) is 11.4. The molecule has 1 heterocycles. The van der Waals surface area contributed by atoms with Gasteiger partial charge in [-0.25, -0.2) is 4.98 Å². The summed E-state index contributed by atoms with van der Waals surface area (Å²) in [5, 5.41) is 0. The van der Waals surface area contributed by atoms with Crippen LogP contribution < -0.4 is 5.73 Å². The monoisotopic (exact) mass is 389 g/mol. The van der Waals surface area contributed by atoms with E-state index in [4.69, 9.17) is 5.73 Å². The van der Waals surface area contributed by atoms with Crippen LogP contribution in [0.4, 0.5) is 5.82 Å². The molecular weight excluding hydrogens is 346 g/mol. The Hall–Kier alpha value is -1.42. The van der Waals surface area contributed by atoms with Crippen LogP contribution in [0.25, 0.3) is 0 Å². The highest BCUT2D eigenvalue weighted by molar-refractivity contribution is 5.99. The Balaban J connectivity index is 1.86. The van der Waals surface area contributed by atoms with Gasteiger partial charge in [0.2, 0.25) is 0 Å². The van der Waals surface area contributed by atoms with Crippen LogP contribution in [0, 0.1) is 5.92 Å². The number of Topliss-reactive ketones (excluding diaryl/α,β-unsaturated/α-hetero) is 1. The normalized spacial score (nSPS) is 11.5. The lowest BCUT2D eigenvalue weighted by atomic mass is 10.0. The van der Waals surface area contributed by atoms with Gasteiger partial charge in [-0.05, 0) is 44.5 Å². The predicted octanol–water partition coefficient (Wildman–Crippen LogP) is 6.12. The zero-order valence-corrected chi connectivity index (χ0v) is 18.6. The Bertz CT molecular complexity index is 530. The van der Waals surface area contributed by atoms with E-state index in [9.17, 15) is 4.79 Å². The van der Waals surface area contributed by atoms with Gasteiger partial charge in [-0.15, -0.1) is 0 Å². The summed E-state index contributed by atoms with van der Waals surface area (Å²) in [6, 6.07) is 3.55. The SMILES string of the molecule is CC(C)CN(C)CCCCCCCCCCCCCC(=O)c1cccnc1N. The number of rotatable bonds is 17. The number of hydrogen-bond acceptors (Lipinski definition) is 4. The molecule has 0 spiro atoms. The van der Waals surface area contributed by atoms with Crippen molar-refractivity contribution in [3.8, 4) is 0 Å². The van der Waals surface area contributed by atoms with Crippen molar-refractivity contribution in [2.45, 2.75) is 90.9 Å². The third-order valence-electron chi connectivity index (χ3n) is 5.26. The second-order valence-corrected chi connectivity index (χ2v) is 8.65. The molecule has 0 amide bonds. The zero-order valence-electron chi connectivity index (χ0n) is 18.6. The van der Waals surface area contributed by atoms with Gasteiger partial charge in [0.05, 0.1) is 5.56 Å². The fourth-order valence-electron chi connectivity index (χ4n) is 3.76. The zero-order chi connectivity index (χ0) is 20.6. The summed E-state index contributed by atoms with van der Waals surface area (Å²) >= 11 is 0. The summed E-state index contributed by atoms with van der Waals surface area (Å²) in [5.74, 6) is 1.25. The molecule has 0 saturated heterocycles. The fourth-order valence-corrected chi connectivity index (χ4v) is 3.76. The van der Waals surface area contributed by atoms with Crippen LogP contribution in [0.1, 0.15) is 101 Å². The number of unbranched alkanes of at least 4 members (excludes halogenated alkanes) is 10. The van der Waals surface area contributed by atoms with Crippen LogP contribution in [0.3, 0.4) is 0 Å². The van der Waals surface area contributed by atoms with Gasteiger partial charge in [0.1, 0.15) is 5.82 Å². The number of nitrogens with two attached hydrogens (primary N) is 1. The molecule has 160 valence electrons. The fraction of sp³-hybridized carbons (Fsp3) is 0.750. The molecule has 0 aliphatic rings. The number of nitrogen functional groups attached to an aromatic ring is 1. The predicted molar refractivity (Wildman–Crippen MR) is 121 cm³/mol. The highest BCUT2D eigenvalue weighted by atomic mass is 16.1. The molecule has 4 heteroatoms. The van der Waals surface area contributed by atoms with E-state index in [1.807, 2.05) is 0 Å². The van der Waals surface area contributed by atoms with Crippen molar-refractivity contribution >= 4 is 11.6 Å². The second kappa shape index (κ2) is 15.5. The van der Waals surface area contributed by atoms with E-state index in [1.54, 1.807) is 18.3 Å². The van der Waals surface area contributed by atoms with Gasteiger partial charge in [-0.1, -0.05) is 71.6 Å². The van der Waals surface area contributed by atoms with E-state index < -0.39 is 0 Å². The maximum absolute atomic E-state index is 12.1. The van der Waals surface area contributed by atoms with Crippen molar-refractivity contribution in [3.63, 3.8) is 0 Å². The van der Waals surface area contributed by atoms with Crippen LogP contribution in [0.5, 0.6) is 0 Å². The average Bonchev–Trinajstić information content (AvgIpc) is 2.65. The number of ketones is 1. The van der Waals surface area contributed by atoms with Gasteiger partial charge in [0.15, 0.2) is 5.78 Å². The largest absolute Gasteiger partial charge is 0.383 e. The van der Waals surface area contributed by atoms with Gasteiger partial charge in [-0.3, -0.25) is 4.79 Å². The number of carbonyl (C=O) groups excluding carboxylic acids is 1. The molecule has 1 aromatic heterocycles. The number of anilines is 1. The van der Waals surface area contributed by atoms with Crippen molar-refractivity contribution in [2.24, 2.45) is 5.92 Å². The Morgan fingerprint density at radius 2 is 1.50 bits per heavy atom. The standard InChI is InChI=1S/C24H43N3O/c1-21(2)20-27(3)19-14-12-10-8-6-4-5-7-9-11-13-17-23(28)22-16-15-18-26-24(22)25/h15-16,18,21H,4-14,17,19-20H2,1-3H3,(H2,25,26). The molecule has 1 rings (SSSR count). The Morgan fingerprint density at radius 1 is 0.964 bits per heavy atom. The van der Waals surface area contributed by atoms with E-state index in [-0.39, 0.29) is 5.78 Å². The maximum atomic E-state index is 12.1. The number of hydrogen-bond donors (Lipinski definition) is 1. The highest BCUT2D eigenvalue weighted by Crippen LogP contribution is 2.15. The summed E-state index contributed by atoms with van der Waals surface area (Å²) in [5.41, 5.74) is 6.33. The van der Waals surface area contributed by atoms with Crippen LogP contribution in [-0.4, -0.2) is 35.8 Å². The number of aromatic nitrogens is 1. The van der Waals surface area contributed by atoms with Gasteiger partial charge < -0.3 is 10.6 Å². The lowest BCUT2D eigenvalue weighted by molar-refractivity contribution is 0.0979. The minimum absolute atomic E-state index is 0.126. The quantitative estimate of drug-likeness (QED) is 0.258. The molecule has 0 radical (unpaired) electrons. The minimum Gasteiger partial charge on any atom is -0.383 e. The molecular formula is C24H43N3O. The summed E-state index contributed by atoms with van der Waals surface area (Å²) in [4.78, 5) is 18.6. The maximum Gasteiger partial charge on any atom is 0.166 e. The molecule has 0 aromatic carbocycles. The first-order valence-electron chi connectivity index (χ1n) is 11.4. The molecule has 0 saturated carbocycles. The Labute approximate surface area is 173 Å². The third kappa shape index (κ3) is 12.1. The minimum atomic E-state index is 0.126. The molecule has 2 N–H and O–H groups in total. The summed E-state index contributed by atoms with van der Waals surface area (Å²) in [6.07, 6.45) is 16.4. The van der Waals surface area contributed by atoms with Crippen LogP contribution in [0.2, 0.25) is 0 Å². The molecule has 0 fully saturated rings. The molecule has 0 bridgehead atoms. The summed E-state index contributed by atoms with van der Waals surface area (Å²) in [6.45, 7) is 7.03. The van der Waals surface area contributed by atoms with Crippen molar-refractivity contribution in [1.82, 2.24) is 9.88 Å². The van der Waals surface area contributed by atoms with Gasteiger partial charge in [-0.2, -0.15) is 0 Å². The van der Waals surface area contributed by atoms with Crippen molar-refractivity contribution in [2.75, 3.05) is 25.9 Å². The summed E-state index contributed by atoms with van der Waals surface area (Å²) in [7, 11) is 2.24.